The first-order chi connectivity index (χ1) is 14.0. The average molecular weight is 464 g/mol. The molecule has 4 rings (SSSR count). The fraction of sp³-hybridized carbons (Fsp3) is 0.150. The molecule has 0 fully saturated rings. The molecule has 5 nitrogen and oxygen atoms in total. The van der Waals surface area contributed by atoms with Crippen LogP contribution in [0.5, 0.6) is 0 Å². The minimum absolute atomic E-state index is 0.110. The van der Waals surface area contributed by atoms with Gasteiger partial charge in [0.05, 0.1) is 22.0 Å². The second-order valence-electron chi connectivity index (χ2n) is 6.23. The van der Waals surface area contributed by atoms with E-state index in [1.54, 1.807) is 53.1 Å². The summed E-state index contributed by atoms with van der Waals surface area (Å²) >= 11 is 14.7. The minimum atomic E-state index is -0.205. The SMILES string of the molecule is O=C(CSc1nc2c(c(=O)n1-c1ccc(Cl)cc1)SCC2)Nc1cccc(Cl)c1. The van der Waals surface area contributed by atoms with Gasteiger partial charge < -0.3 is 5.32 Å². The fourth-order valence-electron chi connectivity index (χ4n) is 2.90. The van der Waals surface area contributed by atoms with Gasteiger partial charge in [-0.3, -0.25) is 14.2 Å². The van der Waals surface area contributed by atoms with Crippen molar-refractivity contribution < 1.29 is 4.79 Å². The standard InChI is InChI=1S/C20H15Cl2N3O2S2/c21-12-4-6-15(7-5-12)25-19(27)18-16(8-9-28-18)24-20(25)29-11-17(26)23-14-3-1-2-13(22)10-14/h1-7,10H,8-9,11H2,(H,23,26). The van der Waals surface area contributed by atoms with Crippen LogP contribution < -0.4 is 10.9 Å². The van der Waals surface area contributed by atoms with E-state index in [1.807, 2.05) is 0 Å². The van der Waals surface area contributed by atoms with Crippen LogP contribution in [0.4, 0.5) is 5.69 Å². The summed E-state index contributed by atoms with van der Waals surface area (Å²) in [6.45, 7) is 0. The maximum absolute atomic E-state index is 13.1. The first-order valence-electron chi connectivity index (χ1n) is 8.74. The van der Waals surface area contributed by atoms with Crippen LogP contribution in [-0.2, 0) is 11.2 Å². The molecule has 0 bridgehead atoms. The number of amides is 1. The van der Waals surface area contributed by atoms with E-state index < -0.39 is 0 Å². The third-order valence-electron chi connectivity index (χ3n) is 4.19. The molecule has 1 N–H and O–H groups in total. The molecular formula is C20H15Cl2N3O2S2. The Hall–Kier alpha value is -1.93. The molecule has 0 saturated heterocycles. The lowest BCUT2D eigenvalue weighted by Gasteiger charge is -2.14. The molecule has 2 heterocycles. The maximum atomic E-state index is 13.1. The highest BCUT2D eigenvalue weighted by atomic mass is 35.5. The Bertz CT molecular complexity index is 1130. The predicted molar refractivity (Wildman–Crippen MR) is 120 cm³/mol. The van der Waals surface area contributed by atoms with Crippen LogP contribution in [0, 0.1) is 0 Å². The van der Waals surface area contributed by atoms with E-state index in [4.69, 9.17) is 23.2 Å². The summed E-state index contributed by atoms with van der Waals surface area (Å²) in [5, 5.41) is 4.42. The van der Waals surface area contributed by atoms with Crippen molar-refractivity contribution in [2.75, 3.05) is 16.8 Å². The third-order valence-corrected chi connectivity index (χ3v) is 6.72. The van der Waals surface area contributed by atoms with Gasteiger partial charge in [0, 0.05) is 27.9 Å². The molecule has 0 spiro atoms. The molecule has 148 valence electrons. The first kappa shape index (κ1) is 20.3. The van der Waals surface area contributed by atoms with Crippen molar-refractivity contribution >= 4 is 58.3 Å². The van der Waals surface area contributed by atoms with E-state index in [9.17, 15) is 9.59 Å². The van der Waals surface area contributed by atoms with Crippen LogP contribution in [-0.4, -0.2) is 27.0 Å². The number of hydrogen-bond donors (Lipinski definition) is 1. The van der Waals surface area contributed by atoms with Crippen molar-refractivity contribution in [1.82, 2.24) is 9.55 Å². The van der Waals surface area contributed by atoms with Crippen molar-refractivity contribution in [2.24, 2.45) is 0 Å². The normalized spacial score (nSPS) is 12.6. The number of hydrogen-bond acceptors (Lipinski definition) is 5. The van der Waals surface area contributed by atoms with Gasteiger partial charge in [-0.1, -0.05) is 41.0 Å². The van der Waals surface area contributed by atoms with E-state index in [-0.39, 0.29) is 17.2 Å². The third kappa shape index (κ3) is 4.64. The van der Waals surface area contributed by atoms with Crippen LogP contribution in [0.3, 0.4) is 0 Å². The summed E-state index contributed by atoms with van der Waals surface area (Å²) < 4.78 is 1.55. The van der Waals surface area contributed by atoms with Gasteiger partial charge in [0.2, 0.25) is 5.91 Å². The van der Waals surface area contributed by atoms with Crippen molar-refractivity contribution in [2.45, 2.75) is 16.5 Å². The summed E-state index contributed by atoms with van der Waals surface area (Å²) in [5.41, 5.74) is 1.97. The number of aromatic nitrogens is 2. The van der Waals surface area contributed by atoms with Gasteiger partial charge in [0.25, 0.3) is 5.56 Å². The molecule has 0 aliphatic carbocycles. The van der Waals surface area contributed by atoms with Gasteiger partial charge in [-0.2, -0.15) is 0 Å². The quantitative estimate of drug-likeness (QED) is 0.429. The zero-order valence-electron chi connectivity index (χ0n) is 15.0. The fourth-order valence-corrected chi connectivity index (χ4v) is 5.07. The van der Waals surface area contributed by atoms with Crippen molar-refractivity contribution in [3.05, 3.63) is 74.6 Å². The number of halogens is 2. The molecule has 2 aromatic carbocycles. The predicted octanol–water partition coefficient (Wildman–Crippen LogP) is 4.92. The van der Waals surface area contributed by atoms with Gasteiger partial charge in [0.1, 0.15) is 0 Å². The highest BCUT2D eigenvalue weighted by Crippen LogP contribution is 2.30. The Balaban J connectivity index is 1.61. The lowest BCUT2D eigenvalue weighted by molar-refractivity contribution is -0.113. The Labute approximate surface area is 185 Å². The van der Waals surface area contributed by atoms with Gasteiger partial charge in [-0.05, 0) is 42.5 Å². The second-order valence-corrected chi connectivity index (χ2v) is 9.15. The Morgan fingerprint density at radius 3 is 2.72 bits per heavy atom. The summed E-state index contributed by atoms with van der Waals surface area (Å²) in [4.78, 5) is 30.8. The molecule has 1 aliphatic heterocycles. The van der Waals surface area contributed by atoms with Crippen molar-refractivity contribution in [3.63, 3.8) is 0 Å². The van der Waals surface area contributed by atoms with Crippen molar-refractivity contribution in [3.8, 4) is 5.69 Å². The van der Waals surface area contributed by atoms with Crippen LogP contribution in [0.1, 0.15) is 5.69 Å². The zero-order chi connectivity index (χ0) is 20.4. The minimum Gasteiger partial charge on any atom is -0.325 e. The number of carbonyl (C=O) groups is 1. The molecule has 0 saturated carbocycles. The number of thioether (sulfide) groups is 2. The molecular weight excluding hydrogens is 449 g/mol. The highest BCUT2D eigenvalue weighted by Gasteiger charge is 2.23. The number of carbonyl (C=O) groups excluding carboxylic acids is 1. The molecule has 9 heteroatoms. The molecule has 0 radical (unpaired) electrons. The molecule has 0 atom stereocenters. The number of fused-ring (bicyclic) bond motifs is 1. The maximum Gasteiger partial charge on any atom is 0.272 e. The Morgan fingerprint density at radius 2 is 1.97 bits per heavy atom. The highest BCUT2D eigenvalue weighted by molar-refractivity contribution is 8.00. The summed E-state index contributed by atoms with van der Waals surface area (Å²) in [6.07, 6.45) is 0.749. The monoisotopic (exact) mass is 463 g/mol. The zero-order valence-corrected chi connectivity index (χ0v) is 18.2. The molecule has 29 heavy (non-hydrogen) atoms. The topological polar surface area (TPSA) is 64.0 Å². The number of nitrogens with one attached hydrogen (secondary N) is 1. The largest absolute Gasteiger partial charge is 0.325 e. The Morgan fingerprint density at radius 1 is 1.17 bits per heavy atom. The van der Waals surface area contributed by atoms with Crippen molar-refractivity contribution in [1.29, 1.82) is 0 Å². The van der Waals surface area contributed by atoms with E-state index in [2.05, 4.69) is 10.3 Å². The van der Waals surface area contributed by atoms with Crippen LogP contribution in [0.2, 0.25) is 10.0 Å². The molecule has 1 amide bonds. The van der Waals surface area contributed by atoms with Crippen LogP contribution >= 0.6 is 46.7 Å². The average Bonchev–Trinajstić information content (AvgIpc) is 3.16. The van der Waals surface area contributed by atoms with Crippen LogP contribution in [0.25, 0.3) is 5.69 Å². The summed E-state index contributed by atoms with van der Waals surface area (Å²) in [6, 6.07) is 13.9. The lowest BCUT2D eigenvalue weighted by atomic mass is 10.3. The Kier molecular flexibility index (Phi) is 6.20. The summed E-state index contributed by atoms with van der Waals surface area (Å²) in [5.74, 6) is 0.740. The molecule has 1 aromatic heterocycles. The smallest absolute Gasteiger partial charge is 0.272 e. The number of anilines is 1. The van der Waals surface area contributed by atoms with E-state index in [1.165, 1.54) is 23.5 Å². The number of rotatable bonds is 5. The van der Waals surface area contributed by atoms with Gasteiger partial charge >= 0.3 is 0 Å². The summed E-state index contributed by atoms with van der Waals surface area (Å²) in [7, 11) is 0. The number of aryl methyl sites for hydroxylation is 1. The number of nitrogens with zero attached hydrogens (tertiary/aromatic N) is 2. The lowest BCUT2D eigenvalue weighted by Crippen LogP contribution is -2.24. The first-order valence-corrected chi connectivity index (χ1v) is 11.5. The molecule has 1 aliphatic rings. The van der Waals surface area contributed by atoms with E-state index >= 15 is 0 Å². The van der Waals surface area contributed by atoms with Crippen LogP contribution in [0.15, 0.2) is 63.4 Å². The number of benzene rings is 2. The molecule has 3 aromatic rings. The molecule has 0 unspecified atom stereocenters. The van der Waals surface area contributed by atoms with Gasteiger partial charge in [0.15, 0.2) is 5.16 Å². The second kappa shape index (κ2) is 8.83. The van der Waals surface area contributed by atoms with Gasteiger partial charge in [-0.15, -0.1) is 11.8 Å². The van der Waals surface area contributed by atoms with Gasteiger partial charge in [-0.25, -0.2) is 4.98 Å². The van der Waals surface area contributed by atoms with E-state index in [0.717, 1.165) is 17.9 Å². The van der Waals surface area contributed by atoms with E-state index in [0.29, 0.717) is 31.5 Å².